The quantitative estimate of drug-likeness (QED) is 0.884. The number of hydrogen-bond acceptors (Lipinski definition) is 2. The van der Waals surface area contributed by atoms with Crippen LogP contribution in [-0.2, 0) is 0 Å². The van der Waals surface area contributed by atoms with E-state index in [9.17, 15) is 8.78 Å². The van der Waals surface area contributed by atoms with Gasteiger partial charge < -0.3 is 10.5 Å². The van der Waals surface area contributed by atoms with E-state index < -0.39 is 23.8 Å². The van der Waals surface area contributed by atoms with Crippen LogP contribution in [0.25, 0.3) is 0 Å². The molecule has 0 aromatic heterocycles. The number of ether oxygens (including phenoxy) is 1. The molecule has 2 N–H and O–H groups in total. The van der Waals surface area contributed by atoms with Gasteiger partial charge in [-0.25, -0.2) is 8.78 Å². The molecule has 0 saturated carbocycles. The van der Waals surface area contributed by atoms with Crippen molar-refractivity contribution < 1.29 is 13.5 Å². The van der Waals surface area contributed by atoms with E-state index in [4.69, 9.17) is 22.1 Å². The highest BCUT2D eigenvalue weighted by Crippen LogP contribution is 2.30. The molecule has 0 radical (unpaired) electrons. The van der Waals surface area contributed by atoms with Gasteiger partial charge in [0, 0.05) is 6.04 Å². The predicted octanol–water partition coefficient (Wildman–Crippen LogP) is 4.48. The van der Waals surface area contributed by atoms with Crippen molar-refractivity contribution in [2.24, 2.45) is 5.73 Å². The first-order chi connectivity index (χ1) is 10.0. The molecule has 0 heterocycles. The summed E-state index contributed by atoms with van der Waals surface area (Å²) in [6.07, 6.45) is -0.0535. The van der Waals surface area contributed by atoms with Crippen molar-refractivity contribution in [2.75, 3.05) is 0 Å². The molecule has 0 spiro atoms. The summed E-state index contributed by atoms with van der Waals surface area (Å²) < 4.78 is 33.0. The first-order valence-electron chi connectivity index (χ1n) is 6.64. The maximum absolute atomic E-state index is 14.0. The molecular formula is C16H16ClF2NO. The molecule has 2 atom stereocenters. The van der Waals surface area contributed by atoms with E-state index in [1.807, 2.05) is 6.92 Å². The van der Waals surface area contributed by atoms with Crippen molar-refractivity contribution in [3.63, 3.8) is 0 Å². The molecule has 0 bridgehead atoms. The minimum absolute atomic E-state index is 0.000612. The zero-order valence-electron chi connectivity index (χ0n) is 11.5. The van der Waals surface area contributed by atoms with Crippen LogP contribution in [0.5, 0.6) is 5.75 Å². The summed E-state index contributed by atoms with van der Waals surface area (Å²) in [7, 11) is 0. The van der Waals surface area contributed by atoms with Crippen molar-refractivity contribution in [3.8, 4) is 5.75 Å². The van der Waals surface area contributed by atoms with Crippen LogP contribution >= 0.6 is 11.6 Å². The molecule has 0 aliphatic carbocycles. The van der Waals surface area contributed by atoms with E-state index in [2.05, 4.69) is 0 Å². The van der Waals surface area contributed by atoms with Gasteiger partial charge in [-0.2, -0.15) is 0 Å². The standard InChI is InChI=1S/C16H16ClF2NO/c1-2-13(20)16(10-5-3-6-11(18)9-10)21-14-8-4-7-12(17)15(14)19/h3-9,13,16H,2,20H2,1H3. The molecule has 0 fully saturated rings. The Hall–Kier alpha value is -1.65. The molecule has 2 rings (SSSR count). The van der Waals surface area contributed by atoms with Gasteiger partial charge in [-0.05, 0) is 36.2 Å². The second-order valence-corrected chi connectivity index (χ2v) is 5.12. The van der Waals surface area contributed by atoms with Gasteiger partial charge in [-0.3, -0.25) is 0 Å². The summed E-state index contributed by atoms with van der Waals surface area (Å²) in [5, 5.41) is -0.0319. The molecule has 5 heteroatoms. The monoisotopic (exact) mass is 311 g/mol. The average Bonchev–Trinajstić information content (AvgIpc) is 2.48. The molecule has 2 aromatic carbocycles. The smallest absolute Gasteiger partial charge is 0.183 e. The highest BCUT2D eigenvalue weighted by Gasteiger charge is 2.23. The fraction of sp³-hybridized carbons (Fsp3) is 0.250. The van der Waals surface area contributed by atoms with E-state index in [1.54, 1.807) is 18.2 Å². The molecule has 0 saturated heterocycles. The van der Waals surface area contributed by atoms with Crippen LogP contribution in [0.2, 0.25) is 5.02 Å². The van der Waals surface area contributed by atoms with E-state index in [-0.39, 0.29) is 10.8 Å². The van der Waals surface area contributed by atoms with E-state index in [0.717, 1.165) is 0 Å². The van der Waals surface area contributed by atoms with Crippen LogP contribution in [-0.4, -0.2) is 6.04 Å². The fourth-order valence-corrected chi connectivity index (χ4v) is 2.18. The van der Waals surface area contributed by atoms with Gasteiger partial charge in [-0.15, -0.1) is 0 Å². The lowest BCUT2D eigenvalue weighted by molar-refractivity contribution is 0.163. The van der Waals surface area contributed by atoms with Crippen molar-refractivity contribution in [1.29, 1.82) is 0 Å². The van der Waals surface area contributed by atoms with Gasteiger partial charge >= 0.3 is 0 Å². The fourth-order valence-electron chi connectivity index (χ4n) is 2.01. The van der Waals surface area contributed by atoms with Gasteiger partial charge in [0.25, 0.3) is 0 Å². The molecule has 0 aliphatic rings. The van der Waals surface area contributed by atoms with Gasteiger partial charge in [0.2, 0.25) is 0 Å². The Balaban J connectivity index is 2.35. The Morgan fingerprint density at radius 1 is 1.19 bits per heavy atom. The molecular weight excluding hydrogens is 296 g/mol. The lowest BCUT2D eigenvalue weighted by Gasteiger charge is -2.25. The van der Waals surface area contributed by atoms with E-state index in [0.29, 0.717) is 12.0 Å². The number of halogens is 3. The maximum Gasteiger partial charge on any atom is 0.183 e. The second kappa shape index (κ2) is 6.87. The third-order valence-corrected chi connectivity index (χ3v) is 3.50. The molecule has 2 unspecified atom stereocenters. The lowest BCUT2D eigenvalue weighted by atomic mass is 10.0. The topological polar surface area (TPSA) is 35.2 Å². The van der Waals surface area contributed by atoms with Crippen LogP contribution < -0.4 is 10.5 Å². The van der Waals surface area contributed by atoms with Crippen LogP contribution in [0.15, 0.2) is 42.5 Å². The van der Waals surface area contributed by atoms with E-state index >= 15 is 0 Å². The van der Waals surface area contributed by atoms with E-state index in [1.165, 1.54) is 24.3 Å². The Morgan fingerprint density at radius 2 is 1.90 bits per heavy atom. The van der Waals surface area contributed by atoms with Crippen LogP contribution in [0.3, 0.4) is 0 Å². The largest absolute Gasteiger partial charge is 0.481 e. The number of benzene rings is 2. The Kier molecular flexibility index (Phi) is 5.15. The van der Waals surface area contributed by atoms with Gasteiger partial charge in [0.05, 0.1) is 5.02 Å². The SMILES string of the molecule is CCC(N)C(Oc1cccc(Cl)c1F)c1cccc(F)c1. The number of rotatable bonds is 5. The Bertz CT molecular complexity index is 621. The minimum atomic E-state index is -0.654. The normalized spacial score (nSPS) is 13.8. The summed E-state index contributed by atoms with van der Waals surface area (Å²) in [5.74, 6) is -1.04. The Morgan fingerprint density at radius 3 is 2.57 bits per heavy atom. The van der Waals surface area contributed by atoms with Crippen LogP contribution in [0.1, 0.15) is 25.0 Å². The molecule has 0 aliphatic heterocycles. The molecule has 112 valence electrons. The van der Waals surface area contributed by atoms with Crippen molar-refractivity contribution in [2.45, 2.75) is 25.5 Å². The third kappa shape index (κ3) is 3.71. The van der Waals surface area contributed by atoms with Crippen molar-refractivity contribution in [3.05, 3.63) is 64.7 Å². The van der Waals surface area contributed by atoms with Crippen LogP contribution in [0.4, 0.5) is 8.78 Å². The first-order valence-corrected chi connectivity index (χ1v) is 7.02. The van der Waals surface area contributed by atoms with Gasteiger partial charge in [0.1, 0.15) is 11.9 Å². The number of hydrogen-bond donors (Lipinski definition) is 1. The summed E-state index contributed by atoms with van der Waals surface area (Å²) >= 11 is 5.74. The van der Waals surface area contributed by atoms with Crippen molar-refractivity contribution in [1.82, 2.24) is 0 Å². The second-order valence-electron chi connectivity index (χ2n) is 4.72. The lowest BCUT2D eigenvalue weighted by Crippen LogP contribution is -2.31. The summed E-state index contributed by atoms with van der Waals surface area (Å²) in [6.45, 7) is 1.88. The minimum Gasteiger partial charge on any atom is -0.481 e. The number of nitrogens with two attached hydrogens (primary N) is 1. The summed E-state index contributed by atoms with van der Waals surface area (Å²) in [5.41, 5.74) is 6.59. The van der Waals surface area contributed by atoms with Gasteiger partial charge in [0.15, 0.2) is 11.6 Å². The zero-order chi connectivity index (χ0) is 15.4. The van der Waals surface area contributed by atoms with Crippen molar-refractivity contribution >= 4 is 11.6 Å². The third-order valence-electron chi connectivity index (χ3n) is 3.21. The average molecular weight is 312 g/mol. The first kappa shape index (κ1) is 15.7. The molecule has 21 heavy (non-hydrogen) atoms. The predicted molar refractivity (Wildman–Crippen MR) is 79.4 cm³/mol. The molecule has 0 amide bonds. The summed E-state index contributed by atoms with van der Waals surface area (Å²) in [6, 6.07) is 10.0. The zero-order valence-corrected chi connectivity index (χ0v) is 12.3. The molecule has 2 aromatic rings. The molecule has 2 nitrogen and oxygen atoms in total. The highest BCUT2D eigenvalue weighted by molar-refractivity contribution is 6.30. The Labute approximate surface area is 127 Å². The van der Waals surface area contributed by atoms with Gasteiger partial charge in [-0.1, -0.05) is 36.7 Å². The highest BCUT2D eigenvalue weighted by atomic mass is 35.5. The summed E-state index contributed by atoms with van der Waals surface area (Å²) in [4.78, 5) is 0. The van der Waals surface area contributed by atoms with Crippen LogP contribution in [0, 0.1) is 11.6 Å². The maximum atomic E-state index is 14.0.